The number of aliphatic hydroxyl groups excluding tert-OH is 1. The Morgan fingerprint density at radius 1 is 1.18 bits per heavy atom. The maximum atomic E-state index is 12.7. The van der Waals surface area contributed by atoms with Crippen molar-refractivity contribution >= 4 is 7.82 Å². The van der Waals surface area contributed by atoms with Gasteiger partial charge in [-0.05, 0) is 5.56 Å². The van der Waals surface area contributed by atoms with Crippen LogP contribution in [0.1, 0.15) is 11.8 Å². The third-order valence-electron chi connectivity index (χ3n) is 4.70. The summed E-state index contributed by atoms with van der Waals surface area (Å²) in [5, 5.41) is 10.6. The third-order valence-corrected chi connectivity index (χ3v) is 6.08. The zero-order chi connectivity index (χ0) is 19.7. The predicted octanol–water partition coefficient (Wildman–Crippen LogP) is 0.783. The lowest BCUT2D eigenvalue weighted by Crippen LogP contribution is -2.36. The first-order valence-corrected chi connectivity index (χ1v) is 10.1. The number of ether oxygens (including phenoxy) is 1. The predicted molar refractivity (Wildman–Crippen MR) is 95.5 cm³/mol. The van der Waals surface area contributed by atoms with Gasteiger partial charge in [-0.1, -0.05) is 30.3 Å². The molecule has 10 nitrogen and oxygen atoms in total. The fourth-order valence-electron chi connectivity index (χ4n) is 3.20. The first-order valence-electron chi connectivity index (χ1n) is 8.68. The zero-order valence-corrected chi connectivity index (χ0v) is 15.6. The van der Waals surface area contributed by atoms with Crippen molar-refractivity contribution in [1.29, 1.82) is 0 Å². The minimum absolute atomic E-state index is 0.0479. The summed E-state index contributed by atoms with van der Waals surface area (Å²) in [5.41, 5.74) is -0.444. The minimum atomic E-state index is -3.82. The Hall–Kier alpha value is -2.07. The number of benzene rings is 1. The number of phosphoric acid groups is 1. The number of aromatic amines is 1. The van der Waals surface area contributed by atoms with Crippen molar-refractivity contribution in [1.82, 2.24) is 9.55 Å². The van der Waals surface area contributed by atoms with Crippen LogP contribution in [0.2, 0.25) is 0 Å². The third kappa shape index (κ3) is 3.88. The average molecular weight is 410 g/mol. The second-order valence-electron chi connectivity index (χ2n) is 6.53. The summed E-state index contributed by atoms with van der Waals surface area (Å²) in [5.74, 6) is -0.583. The summed E-state index contributed by atoms with van der Waals surface area (Å²) in [6.45, 7) is -0.221. The number of nitrogens with zero attached hydrogens (tertiary/aromatic N) is 1. The Morgan fingerprint density at radius 3 is 2.68 bits per heavy atom. The lowest BCUT2D eigenvalue weighted by molar-refractivity contribution is -0.0531. The first kappa shape index (κ1) is 19.3. The van der Waals surface area contributed by atoms with E-state index in [1.54, 1.807) is 0 Å². The van der Waals surface area contributed by atoms with E-state index >= 15 is 0 Å². The molecule has 0 saturated carbocycles. The normalized spacial score (nSPS) is 32.6. The van der Waals surface area contributed by atoms with E-state index in [9.17, 15) is 19.3 Å². The Morgan fingerprint density at radius 2 is 1.93 bits per heavy atom. The molecule has 5 atom stereocenters. The van der Waals surface area contributed by atoms with Crippen molar-refractivity contribution in [3.05, 3.63) is 69.0 Å². The summed E-state index contributed by atoms with van der Waals surface area (Å²) in [6.07, 6.45) is -1.56. The molecule has 1 aromatic heterocycles. The van der Waals surface area contributed by atoms with Crippen molar-refractivity contribution < 1.29 is 28.0 Å². The zero-order valence-electron chi connectivity index (χ0n) is 14.7. The summed E-state index contributed by atoms with van der Waals surface area (Å²) >= 11 is 0. The molecular formula is C17H19N2O8P. The number of hydrogen-bond acceptors (Lipinski definition) is 8. The Balaban J connectivity index is 1.44. The molecule has 28 heavy (non-hydrogen) atoms. The van der Waals surface area contributed by atoms with Crippen LogP contribution in [0.3, 0.4) is 0 Å². The van der Waals surface area contributed by atoms with Crippen LogP contribution in [0.15, 0.2) is 52.2 Å². The van der Waals surface area contributed by atoms with Gasteiger partial charge in [0.15, 0.2) is 6.23 Å². The molecule has 2 aliphatic heterocycles. The molecule has 2 aliphatic rings. The number of aliphatic hydroxyl groups is 1. The van der Waals surface area contributed by atoms with Crippen molar-refractivity contribution in [3.63, 3.8) is 0 Å². The van der Waals surface area contributed by atoms with E-state index in [0.717, 1.165) is 16.2 Å². The van der Waals surface area contributed by atoms with Gasteiger partial charge < -0.3 is 9.84 Å². The number of hydrogen-bond donors (Lipinski definition) is 2. The molecule has 2 saturated heterocycles. The standard InChI is InChI=1S/C17H19N2O8P/c20-14-6-7-19(17(22)18-14)16-15(21)12-9-25-28(23,26-10-13(12)27-16)24-8-11-4-2-1-3-5-11/h1-7,12-13,15-16,21H,8-10H2,(H,18,20,22). The summed E-state index contributed by atoms with van der Waals surface area (Å²) in [4.78, 5) is 25.3. The Kier molecular flexibility index (Phi) is 5.33. The SMILES string of the molecule is O=c1ccn(C2OC3COP(=O)(OCc4ccccc4)OCC3C2O)c(=O)[nH]1. The van der Waals surface area contributed by atoms with E-state index < -0.39 is 43.4 Å². The molecule has 0 amide bonds. The van der Waals surface area contributed by atoms with Gasteiger partial charge in [0.2, 0.25) is 0 Å². The molecule has 5 unspecified atom stereocenters. The number of fused-ring (bicyclic) bond motifs is 1. The molecule has 1 aromatic carbocycles. The van der Waals surface area contributed by atoms with Gasteiger partial charge in [-0.2, -0.15) is 0 Å². The maximum Gasteiger partial charge on any atom is 0.475 e. The highest BCUT2D eigenvalue weighted by atomic mass is 31.2. The fourth-order valence-corrected chi connectivity index (χ4v) is 4.42. The highest BCUT2D eigenvalue weighted by Crippen LogP contribution is 2.54. The monoisotopic (exact) mass is 410 g/mol. The molecule has 0 aliphatic carbocycles. The van der Waals surface area contributed by atoms with Crippen LogP contribution in [0.4, 0.5) is 0 Å². The highest BCUT2D eigenvalue weighted by Gasteiger charge is 2.49. The van der Waals surface area contributed by atoms with Crippen LogP contribution in [-0.2, 0) is 29.5 Å². The highest BCUT2D eigenvalue weighted by molar-refractivity contribution is 7.48. The number of H-pyrrole nitrogens is 1. The van der Waals surface area contributed by atoms with Crippen LogP contribution >= 0.6 is 7.82 Å². The molecule has 4 rings (SSSR count). The summed E-state index contributed by atoms with van der Waals surface area (Å²) in [7, 11) is -3.82. The molecular weight excluding hydrogens is 391 g/mol. The van der Waals surface area contributed by atoms with Gasteiger partial charge in [0.05, 0.1) is 25.9 Å². The van der Waals surface area contributed by atoms with Gasteiger partial charge in [-0.15, -0.1) is 0 Å². The lowest BCUT2D eigenvalue weighted by atomic mass is 9.99. The molecule has 150 valence electrons. The van der Waals surface area contributed by atoms with Crippen molar-refractivity contribution in [3.8, 4) is 0 Å². The van der Waals surface area contributed by atoms with Crippen molar-refractivity contribution in [2.24, 2.45) is 5.92 Å². The molecule has 0 radical (unpaired) electrons. The van der Waals surface area contributed by atoms with Crippen molar-refractivity contribution in [2.45, 2.75) is 25.0 Å². The summed E-state index contributed by atoms with van der Waals surface area (Å²) < 4.78 is 35.6. The fraction of sp³-hybridized carbons (Fsp3) is 0.412. The Bertz CT molecular complexity index is 990. The average Bonchev–Trinajstić information content (AvgIpc) is 2.89. The van der Waals surface area contributed by atoms with Gasteiger partial charge in [0.25, 0.3) is 5.56 Å². The summed E-state index contributed by atoms with van der Waals surface area (Å²) in [6, 6.07) is 10.3. The molecule has 0 bridgehead atoms. The number of nitrogens with one attached hydrogen (secondary N) is 1. The maximum absolute atomic E-state index is 12.7. The molecule has 2 fully saturated rings. The van der Waals surface area contributed by atoms with Gasteiger partial charge in [0, 0.05) is 18.2 Å². The van der Waals surface area contributed by atoms with Gasteiger partial charge in [-0.3, -0.25) is 27.9 Å². The van der Waals surface area contributed by atoms with Crippen LogP contribution in [0.5, 0.6) is 0 Å². The van der Waals surface area contributed by atoms with E-state index in [-0.39, 0.29) is 19.8 Å². The molecule has 2 aromatic rings. The minimum Gasteiger partial charge on any atom is -0.388 e. The van der Waals surface area contributed by atoms with Gasteiger partial charge >= 0.3 is 13.5 Å². The van der Waals surface area contributed by atoms with Crippen molar-refractivity contribution in [2.75, 3.05) is 13.2 Å². The second-order valence-corrected chi connectivity index (χ2v) is 8.20. The molecule has 3 heterocycles. The topological polar surface area (TPSA) is 129 Å². The van der Waals surface area contributed by atoms with E-state index in [0.29, 0.717) is 0 Å². The van der Waals surface area contributed by atoms with E-state index in [1.165, 1.54) is 6.20 Å². The molecule has 11 heteroatoms. The van der Waals surface area contributed by atoms with Gasteiger partial charge in [0.1, 0.15) is 6.10 Å². The van der Waals surface area contributed by atoms with E-state index in [2.05, 4.69) is 4.98 Å². The van der Waals surface area contributed by atoms with Crippen LogP contribution in [0.25, 0.3) is 0 Å². The number of aromatic nitrogens is 2. The lowest BCUT2D eigenvalue weighted by Gasteiger charge is -2.20. The quantitative estimate of drug-likeness (QED) is 0.708. The van der Waals surface area contributed by atoms with Gasteiger partial charge in [-0.25, -0.2) is 9.36 Å². The Labute approximate surface area is 159 Å². The smallest absolute Gasteiger partial charge is 0.388 e. The van der Waals surface area contributed by atoms with Crippen LogP contribution in [0, 0.1) is 5.92 Å². The number of rotatable bonds is 4. The van der Waals surface area contributed by atoms with Crippen LogP contribution in [-0.4, -0.2) is 40.1 Å². The second kappa shape index (κ2) is 7.75. The first-order chi connectivity index (χ1) is 13.5. The van der Waals surface area contributed by atoms with Crippen LogP contribution < -0.4 is 11.2 Å². The molecule has 0 spiro atoms. The van der Waals surface area contributed by atoms with E-state index in [1.807, 2.05) is 30.3 Å². The number of phosphoric ester groups is 1. The molecule has 2 N–H and O–H groups in total. The van der Waals surface area contributed by atoms with E-state index in [4.69, 9.17) is 18.3 Å². The largest absolute Gasteiger partial charge is 0.475 e.